The Labute approximate surface area is 144 Å². The lowest BCUT2D eigenvalue weighted by atomic mass is 10.1. The van der Waals surface area contributed by atoms with Gasteiger partial charge in [0.1, 0.15) is 17.3 Å². The third-order valence-electron chi connectivity index (χ3n) is 4.29. The number of carbonyl (C=O) groups excluding carboxylic acids is 1. The fourth-order valence-corrected chi connectivity index (χ4v) is 2.90. The van der Waals surface area contributed by atoms with Crippen LogP contribution in [0.15, 0.2) is 12.3 Å². The van der Waals surface area contributed by atoms with Crippen LogP contribution in [0.4, 0.5) is 5.82 Å². The minimum Gasteiger partial charge on any atom is -0.356 e. The van der Waals surface area contributed by atoms with Crippen molar-refractivity contribution in [1.29, 1.82) is 5.26 Å². The number of aromatic nitrogens is 3. The van der Waals surface area contributed by atoms with Crippen molar-refractivity contribution in [2.75, 3.05) is 31.1 Å². The summed E-state index contributed by atoms with van der Waals surface area (Å²) >= 11 is 5.85. The first-order valence-corrected chi connectivity index (χ1v) is 8.01. The molecule has 0 atom stereocenters. The third kappa shape index (κ3) is 2.93. The van der Waals surface area contributed by atoms with Gasteiger partial charge in [0.25, 0.3) is 5.91 Å². The summed E-state index contributed by atoms with van der Waals surface area (Å²) in [6.45, 7) is 6.02. The highest BCUT2D eigenvalue weighted by Gasteiger charge is 2.26. The molecule has 7 nitrogen and oxygen atoms in total. The fraction of sp³-hybridized carbons (Fsp3) is 0.375. The van der Waals surface area contributed by atoms with Crippen molar-refractivity contribution in [1.82, 2.24) is 20.1 Å². The van der Waals surface area contributed by atoms with Crippen molar-refractivity contribution in [3.63, 3.8) is 0 Å². The highest BCUT2D eigenvalue weighted by Crippen LogP contribution is 2.23. The number of nitrogens with zero attached hydrogens (tertiary/aromatic N) is 5. The van der Waals surface area contributed by atoms with Crippen molar-refractivity contribution >= 4 is 23.3 Å². The number of carbonyl (C=O) groups is 1. The van der Waals surface area contributed by atoms with E-state index in [1.807, 2.05) is 18.7 Å². The van der Waals surface area contributed by atoms with Crippen LogP contribution in [0.5, 0.6) is 0 Å². The van der Waals surface area contributed by atoms with Crippen LogP contribution in [0.1, 0.15) is 27.3 Å². The third-order valence-corrected chi connectivity index (χ3v) is 4.51. The van der Waals surface area contributed by atoms with Crippen LogP contribution in [-0.2, 0) is 0 Å². The molecule has 0 bridgehead atoms. The first-order chi connectivity index (χ1) is 11.5. The summed E-state index contributed by atoms with van der Waals surface area (Å²) < 4.78 is 0. The Morgan fingerprint density at radius 3 is 2.58 bits per heavy atom. The molecule has 124 valence electrons. The van der Waals surface area contributed by atoms with Gasteiger partial charge in [-0.05, 0) is 25.5 Å². The summed E-state index contributed by atoms with van der Waals surface area (Å²) in [5.41, 5.74) is 2.64. The molecule has 1 aliphatic heterocycles. The molecular formula is C16H17ClN6O. The summed E-state index contributed by atoms with van der Waals surface area (Å²) in [5, 5.41) is 18.3. The van der Waals surface area contributed by atoms with E-state index in [9.17, 15) is 10.1 Å². The van der Waals surface area contributed by atoms with Gasteiger partial charge in [-0.1, -0.05) is 11.6 Å². The molecule has 0 saturated carbocycles. The zero-order chi connectivity index (χ0) is 17.3. The first kappa shape index (κ1) is 16.3. The Morgan fingerprint density at radius 1 is 1.29 bits per heavy atom. The van der Waals surface area contributed by atoms with E-state index in [0.717, 1.165) is 11.3 Å². The number of amides is 1. The molecule has 2 aromatic heterocycles. The molecule has 0 aromatic carbocycles. The van der Waals surface area contributed by atoms with Gasteiger partial charge in [-0.2, -0.15) is 10.4 Å². The summed E-state index contributed by atoms with van der Waals surface area (Å²) in [5.74, 6) is 0.517. The number of nitriles is 1. The average Bonchev–Trinajstić information content (AvgIpc) is 3.03. The SMILES string of the molecule is Cc1nnc(N2CCN(C(=O)c3cc(Cl)c[nH]3)CC2)c(C#N)c1C. The highest BCUT2D eigenvalue weighted by molar-refractivity contribution is 6.30. The lowest BCUT2D eigenvalue weighted by molar-refractivity contribution is 0.0741. The molecule has 24 heavy (non-hydrogen) atoms. The van der Waals surface area contributed by atoms with Gasteiger partial charge < -0.3 is 14.8 Å². The molecule has 3 heterocycles. The van der Waals surface area contributed by atoms with Crippen LogP contribution in [-0.4, -0.2) is 52.2 Å². The van der Waals surface area contributed by atoms with Crippen LogP contribution in [0.25, 0.3) is 0 Å². The number of nitrogens with one attached hydrogen (secondary N) is 1. The van der Waals surface area contributed by atoms with Gasteiger partial charge >= 0.3 is 0 Å². The van der Waals surface area contributed by atoms with Gasteiger partial charge in [0, 0.05) is 32.4 Å². The number of aryl methyl sites for hydroxylation is 1. The Hall–Kier alpha value is -2.59. The van der Waals surface area contributed by atoms with Crippen molar-refractivity contribution in [2.24, 2.45) is 0 Å². The summed E-state index contributed by atoms with van der Waals surface area (Å²) in [6, 6.07) is 3.84. The number of hydrogen-bond donors (Lipinski definition) is 1. The molecule has 1 saturated heterocycles. The topological polar surface area (TPSA) is 88.9 Å². The largest absolute Gasteiger partial charge is 0.356 e. The maximum absolute atomic E-state index is 12.4. The number of rotatable bonds is 2. The minimum absolute atomic E-state index is 0.0757. The number of H-pyrrole nitrogens is 1. The first-order valence-electron chi connectivity index (χ1n) is 7.63. The zero-order valence-electron chi connectivity index (χ0n) is 13.5. The van der Waals surface area contributed by atoms with Crippen LogP contribution in [0.3, 0.4) is 0 Å². The molecule has 0 radical (unpaired) electrons. The number of anilines is 1. The second-order valence-corrected chi connectivity index (χ2v) is 6.17. The molecular weight excluding hydrogens is 328 g/mol. The summed E-state index contributed by atoms with van der Waals surface area (Å²) in [4.78, 5) is 19.1. The van der Waals surface area contributed by atoms with Crippen molar-refractivity contribution in [3.8, 4) is 6.07 Å². The lowest BCUT2D eigenvalue weighted by Crippen LogP contribution is -2.49. The molecule has 8 heteroatoms. The molecule has 1 fully saturated rings. The Kier molecular flexibility index (Phi) is 4.40. The Balaban J connectivity index is 1.73. The minimum atomic E-state index is -0.0757. The molecule has 3 rings (SSSR count). The van der Waals surface area contributed by atoms with Gasteiger partial charge in [-0.3, -0.25) is 4.79 Å². The van der Waals surface area contributed by atoms with Gasteiger partial charge in [-0.15, -0.1) is 5.10 Å². The molecule has 1 N–H and O–H groups in total. The summed E-state index contributed by atoms with van der Waals surface area (Å²) in [7, 11) is 0. The van der Waals surface area contributed by atoms with E-state index in [2.05, 4.69) is 21.3 Å². The highest BCUT2D eigenvalue weighted by atomic mass is 35.5. The summed E-state index contributed by atoms with van der Waals surface area (Å²) in [6.07, 6.45) is 1.59. The van der Waals surface area contributed by atoms with E-state index in [1.54, 1.807) is 17.2 Å². The molecule has 2 aromatic rings. The van der Waals surface area contributed by atoms with E-state index >= 15 is 0 Å². The van der Waals surface area contributed by atoms with E-state index in [4.69, 9.17) is 11.6 Å². The van der Waals surface area contributed by atoms with Crippen LogP contribution >= 0.6 is 11.6 Å². The smallest absolute Gasteiger partial charge is 0.270 e. The van der Waals surface area contributed by atoms with Crippen molar-refractivity contribution in [2.45, 2.75) is 13.8 Å². The predicted molar refractivity (Wildman–Crippen MR) is 90.1 cm³/mol. The monoisotopic (exact) mass is 344 g/mol. The molecule has 1 amide bonds. The number of aromatic amines is 1. The predicted octanol–water partition coefficient (Wildman–Crippen LogP) is 1.91. The van der Waals surface area contributed by atoms with Crippen molar-refractivity contribution < 1.29 is 4.79 Å². The zero-order valence-corrected chi connectivity index (χ0v) is 14.3. The number of hydrogen-bond acceptors (Lipinski definition) is 5. The van der Waals surface area contributed by atoms with Gasteiger partial charge in [-0.25, -0.2) is 0 Å². The second kappa shape index (κ2) is 6.49. The van der Waals surface area contributed by atoms with E-state index in [-0.39, 0.29) is 5.91 Å². The van der Waals surface area contributed by atoms with Gasteiger partial charge in [0.2, 0.25) is 0 Å². The molecule has 0 unspecified atom stereocenters. The molecule has 1 aliphatic rings. The average molecular weight is 345 g/mol. The van der Waals surface area contributed by atoms with Crippen LogP contribution in [0, 0.1) is 25.2 Å². The lowest BCUT2D eigenvalue weighted by Gasteiger charge is -2.35. The molecule has 0 spiro atoms. The molecule has 0 aliphatic carbocycles. The standard InChI is InChI=1S/C16H17ClN6O/c1-10-11(2)20-21-15(13(10)8-18)22-3-5-23(6-4-22)16(24)14-7-12(17)9-19-14/h7,9,19H,3-6H2,1-2H3. The van der Waals surface area contributed by atoms with Crippen LogP contribution < -0.4 is 4.90 Å². The van der Waals surface area contributed by atoms with E-state index in [0.29, 0.717) is 48.3 Å². The Bertz CT molecular complexity index is 816. The van der Waals surface area contributed by atoms with E-state index in [1.165, 1.54) is 0 Å². The Morgan fingerprint density at radius 2 is 2.00 bits per heavy atom. The number of piperazine rings is 1. The van der Waals surface area contributed by atoms with Crippen molar-refractivity contribution in [3.05, 3.63) is 39.8 Å². The number of halogens is 1. The fourth-order valence-electron chi connectivity index (χ4n) is 2.73. The van der Waals surface area contributed by atoms with Gasteiger partial charge in [0.05, 0.1) is 10.7 Å². The van der Waals surface area contributed by atoms with E-state index < -0.39 is 0 Å². The quantitative estimate of drug-likeness (QED) is 0.898. The maximum atomic E-state index is 12.4. The van der Waals surface area contributed by atoms with Gasteiger partial charge in [0.15, 0.2) is 5.82 Å². The second-order valence-electron chi connectivity index (χ2n) is 5.73. The normalized spacial score (nSPS) is 14.6. The maximum Gasteiger partial charge on any atom is 0.270 e. The van der Waals surface area contributed by atoms with Crippen LogP contribution in [0.2, 0.25) is 5.02 Å².